The van der Waals surface area contributed by atoms with Crippen LogP contribution in [-0.2, 0) is 15.0 Å². The van der Waals surface area contributed by atoms with Gasteiger partial charge in [0.2, 0.25) is 5.91 Å². The molecule has 0 unspecified atom stereocenters. The van der Waals surface area contributed by atoms with E-state index in [0.29, 0.717) is 39.0 Å². The van der Waals surface area contributed by atoms with Crippen molar-refractivity contribution < 1.29 is 13.2 Å². The van der Waals surface area contributed by atoms with Gasteiger partial charge in [-0.15, -0.1) is 0 Å². The van der Waals surface area contributed by atoms with Crippen molar-refractivity contribution >= 4 is 16.1 Å². The molecule has 3 heterocycles. The van der Waals surface area contributed by atoms with E-state index in [1.165, 1.54) is 6.42 Å². The van der Waals surface area contributed by atoms with E-state index in [1.54, 1.807) is 8.61 Å². The molecule has 3 rings (SSSR count). The highest BCUT2D eigenvalue weighted by Crippen LogP contribution is 2.33. The van der Waals surface area contributed by atoms with Gasteiger partial charge in [0.1, 0.15) is 5.54 Å². The Labute approximate surface area is 145 Å². The lowest BCUT2D eigenvalue weighted by Gasteiger charge is -2.48. The van der Waals surface area contributed by atoms with Gasteiger partial charge in [-0.2, -0.15) is 17.0 Å². The molecular weight excluding hydrogens is 328 g/mol. The molecule has 0 aliphatic carbocycles. The van der Waals surface area contributed by atoms with Gasteiger partial charge in [-0.25, -0.2) is 0 Å². The van der Waals surface area contributed by atoms with Crippen molar-refractivity contribution in [3.63, 3.8) is 0 Å². The van der Waals surface area contributed by atoms with E-state index in [9.17, 15) is 13.2 Å². The summed E-state index contributed by atoms with van der Waals surface area (Å²) in [5.41, 5.74) is 5.11. The van der Waals surface area contributed by atoms with Crippen molar-refractivity contribution in [1.29, 1.82) is 0 Å². The van der Waals surface area contributed by atoms with Crippen molar-refractivity contribution in [3.8, 4) is 0 Å². The van der Waals surface area contributed by atoms with Crippen LogP contribution in [0.4, 0.5) is 0 Å². The number of primary amides is 1. The lowest BCUT2D eigenvalue weighted by Crippen LogP contribution is -2.64. The molecule has 0 spiro atoms. The maximum absolute atomic E-state index is 12.8. The number of nitrogens with two attached hydrogens (primary N) is 1. The molecule has 8 heteroatoms. The molecule has 0 bridgehead atoms. The number of hydrogen-bond donors (Lipinski definition) is 1. The molecule has 0 saturated carbocycles. The third kappa shape index (κ3) is 3.34. The summed E-state index contributed by atoms with van der Waals surface area (Å²) in [5.74, 6) is -0.292. The minimum absolute atomic E-state index is 0.292. The first kappa shape index (κ1) is 18.1. The van der Waals surface area contributed by atoms with E-state index in [-0.39, 0.29) is 5.91 Å². The summed E-state index contributed by atoms with van der Waals surface area (Å²) >= 11 is 0. The third-order valence-electron chi connectivity index (χ3n) is 5.94. The van der Waals surface area contributed by atoms with Crippen molar-refractivity contribution in [3.05, 3.63) is 0 Å². The molecule has 0 aromatic rings. The molecule has 3 aliphatic rings. The first-order valence-electron chi connectivity index (χ1n) is 9.27. The smallest absolute Gasteiger partial charge is 0.281 e. The Morgan fingerprint density at radius 2 is 1.21 bits per heavy atom. The van der Waals surface area contributed by atoms with Gasteiger partial charge in [0.25, 0.3) is 10.2 Å². The van der Waals surface area contributed by atoms with Crippen LogP contribution >= 0.6 is 0 Å². The number of carbonyl (C=O) groups is 1. The highest BCUT2D eigenvalue weighted by atomic mass is 32.2. The van der Waals surface area contributed by atoms with E-state index in [0.717, 1.165) is 45.2 Å². The zero-order chi connectivity index (χ0) is 17.2. The Balaban J connectivity index is 1.69. The molecule has 0 radical (unpaired) electrons. The van der Waals surface area contributed by atoms with Crippen LogP contribution in [0.3, 0.4) is 0 Å². The monoisotopic (exact) mass is 358 g/mol. The molecular formula is C16H30N4O3S. The summed E-state index contributed by atoms with van der Waals surface area (Å²) in [5, 5.41) is 0. The molecule has 138 valence electrons. The Morgan fingerprint density at radius 3 is 1.71 bits per heavy atom. The first-order chi connectivity index (χ1) is 11.5. The lowest BCUT2D eigenvalue weighted by molar-refractivity contribution is -0.134. The summed E-state index contributed by atoms with van der Waals surface area (Å²) in [4.78, 5) is 14.4. The van der Waals surface area contributed by atoms with Gasteiger partial charge >= 0.3 is 0 Å². The average Bonchev–Trinajstić information content (AvgIpc) is 2.63. The fourth-order valence-electron chi connectivity index (χ4n) is 4.39. The maximum Gasteiger partial charge on any atom is 0.281 e. The highest BCUT2D eigenvalue weighted by Gasteiger charge is 2.47. The predicted molar refractivity (Wildman–Crippen MR) is 92.5 cm³/mol. The molecule has 24 heavy (non-hydrogen) atoms. The zero-order valence-electron chi connectivity index (χ0n) is 14.5. The van der Waals surface area contributed by atoms with Gasteiger partial charge in [0.15, 0.2) is 0 Å². The van der Waals surface area contributed by atoms with E-state index < -0.39 is 15.7 Å². The van der Waals surface area contributed by atoms with Gasteiger partial charge in [0.05, 0.1) is 0 Å². The van der Waals surface area contributed by atoms with Crippen molar-refractivity contribution in [1.82, 2.24) is 13.5 Å². The standard InChI is InChI=1S/C16H30N4O3S/c17-15(21)16(18-9-3-1-4-10-18)7-13-20(14-8-16)24(22,23)19-11-5-2-6-12-19/h1-14H2,(H2,17,21). The van der Waals surface area contributed by atoms with Gasteiger partial charge < -0.3 is 5.73 Å². The SMILES string of the molecule is NC(=O)C1(N2CCCCC2)CCN(S(=O)(=O)N2CCCCC2)CC1. The maximum atomic E-state index is 12.8. The van der Waals surface area contributed by atoms with Crippen molar-refractivity contribution in [2.45, 2.75) is 56.9 Å². The summed E-state index contributed by atoms with van der Waals surface area (Å²) in [6.07, 6.45) is 7.37. The zero-order valence-corrected chi connectivity index (χ0v) is 15.3. The topological polar surface area (TPSA) is 87.0 Å². The van der Waals surface area contributed by atoms with Crippen LogP contribution < -0.4 is 5.73 Å². The molecule has 0 aromatic heterocycles. The normalized spacial score (nSPS) is 27.8. The Kier molecular flexibility index (Phi) is 5.48. The predicted octanol–water partition coefficient (Wildman–Crippen LogP) is 0.523. The molecule has 3 saturated heterocycles. The second-order valence-electron chi connectivity index (χ2n) is 7.31. The van der Waals surface area contributed by atoms with Gasteiger partial charge in [0, 0.05) is 26.2 Å². The van der Waals surface area contributed by atoms with Crippen molar-refractivity contribution in [2.24, 2.45) is 5.73 Å². The number of hydrogen-bond acceptors (Lipinski definition) is 4. The average molecular weight is 359 g/mol. The fraction of sp³-hybridized carbons (Fsp3) is 0.938. The number of nitrogens with zero attached hydrogens (tertiary/aromatic N) is 3. The van der Waals surface area contributed by atoms with Gasteiger partial charge in [-0.1, -0.05) is 12.8 Å². The molecule has 0 aromatic carbocycles. The largest absolute Gasteiger partial charge is 0.368 e. The minimum Gasteiger partial charge on any atom is -0.368 e. The lowest BCUT2D eigenvalue weighted by atomic mass is 9.84. The van der Waals surface area contributed by atoms with Crippen LogP contribution in [0.15, 0.2) is 0 Å². The number of likely N-dealkylation sites (tertiary alicyclic amines) is 1. The third-order valence-corrected chi connectivity index (χ3v) is 7.97. The van der Waals surface area contributed by atoms with Crippen LogP contribution in [0.1, 0.15) is 51.4 Å². The van der Waals surface area contributed by atoms with E-state index in [2.05, 4.69) is 4.90 Å². The van der Waals surface area contributed by atoms with Crippen LogP contribution in [0.5, 0.6) is 0 Å². The van der Waals surface area contributed by atoms with E-state index in [1.807, 2.05) is 0 Å². The van der Waals surface area contributed by atoms with Crippen LogP contribution in [0, 0.1) is 0 Å². The number of piperidine rings is 3. The highest BCUT2D eigenvalue weighted by molar-refractivity contribution is 7.86. The molecule has 7 nitrogen and oxygen atoms in total. The molecule has 2 N–H and O–H groups in total. The van der Waals surface area contributed by atoms with Crippen LogP contribution in [-0.4, -0.2) is 72.6 Å². The Morgan fingerprint density at radius 1 is 0.750 bits per heavy atom. The Hall–Kier alpha value is -0.700. The molecule has 3 aliphatic heterocycles. The van der Waals surface area contributed by atoms with Crippen LogP contribution in [0.25, 0.3) is 0 Å². The molecule has 3 fully saturated rings. The summed E-state index contributed by atoms with van der Waals surface area (Å²) < 4.78 is 28.8. The minimum atomic E-state index is -3.40. The number of rotatable bonds is 4. The number of carbonyl (C=O) groups excluding carboxylic acids is 1. The summed E-state index contributed by atoms with van der Waals surface area (Å²) in [7, 11) is -3.40. The molecule has 1 amide bonds. The molecule has 0 atom stereocenters. The van der Waals surface area contributed by atoms with Crippen LogP contribution in [0.2, 0.25) is 0 Å². The quantitative estimate of drug-likeness (QED) is 0.794. The first-order valence-corrected chi connectivity index (χ1v) is 10.7. The summed E-state index contributed by atoms with van der Waals surface area (Å²) in [6, 6.07) is 0. The van der Waals surface area contributed by atoms with Crippen molar-refractivity contribution in [2.75, 3.05) is 39.3 Å². The van der Waals surface area contributed by atoms with Gasteiger partial charge in [-0.3, -0.25) is 9.69 Å². The summed E-state index contributed by atoms with van der Waals surface area (Å²) in [6.45, 7) is 3.79. The van der Waals surface area contributed by atoms with E-state index >= 15 is 0 Å². The van der Waals surface area contributed by atoms with Gasteiger partial charge in [-0.05, 0) is 51.6 Å². The second-order valence-corrected chi connectivity index (χ2v) is 9.24. The Bertz CT molecular complexity index is 546. The number of amides is 1. The van der Waals surface area contributed by atoms with E-state index in [4.69, 9.17) is 5.73 Å². The fourth-order valence-corrected chi connectivity index (χ4v) is 6.08. The second kappa shape index (κ2) is 7.27.